The average molecular weight is 785 g/mol. The minimum Gasteiger partial charge on any atom is -0.390 e. The van der Waals surface area contributed by atoms with Gasteiger partial charge in [-0.15, -0.1) is 6.58 Å². The molecule has 3 unspecified atom stereocenters. The summed E-state index contributed by atoms with van der Waals surface area (Å²) in [5, 5.41) is 7.40. The number of esters is 2. The fourth-order valence-corrected chi connectivity index (χ4v) is 7.56. The number of halogens is 4. The molecule has 17 heteroatoms. The van der Waals surface area contributed by atoms with Gasteiger partial charge in [-0.2, -0.15) is 13.2 Å². The molecule has 5 N–H and O–H groups in total. The number of amides is 2. The highest BCUT2D eigenvalue weighted by Gasteiger charge is 2.50. The molecule has 0 bridgehead atoms. The van der Waals surface area contributed by atoms with Crippen molar-refractivity contribution in [2.24, 2.45) is 11.7 Å². The van der Waals surface area contributed by atoms with Crippen molar-refractivity contribution in [3.63, 3.8) is 0 Å². The maximum absolute atomic E-state index is 16.1. The van der Waals surface area contributed by atoms with E-state index in [1.165, 1.54) is 7.05 Å². The van der Waals surface area contributed by atoms with Crippen LogP contribution in [0.15, 0.2) is 60.4 Å². The largest absolute Gasteiger partial charge is 0.415 e. The van der Waals surface area contributed by atoms with E-state index < -0.39 is 60.9 Å². The zero-order valence-corrected chi connectivity index (χ0v) is 31.2. The molecular weight excluding hydrogens is 740 g/mol. The molecular formula is C39H44F4N6O7. The first-order chi connectivity index (χ1) is 26.7. The standard InChI is InChI=1S/C39H44F4N6O7/c1-6-21(7-2)24-12-30-37-26(16-49(30)20(3)27(24)17-54-5)35-23(38(39(41,42)43)55-19-47-32(51)15-45-4)9-8-22-25(28(40)14-29(48-37)36(22)35)13-34(53)56-33(52)11-10-31(50)46-18-44/h6,10-12,14,21,23,38,45H,1,3,7-9,13,15-19,44H2,2,4-5H3,(H,46,50)(H,47,51)/b11-10-. The highest BCUT2D eigenvalue weighted by atomic mass is 19.4. The van der Waals surface area contributed by atoms with Gasteiger partial charge in [0.15, 0.2) is 6.10 Å². The molecule has 3 aliphatic rings. The summed E-state index contributed by atoms with van der Waals surface area (Å²) >= 11 is 0. The highest BCUT2D eigenvalue weighted by molar-refractivity contribution is 5.99. The Morgan fingerprint density at radius 2 is 1.93 bits per heavy atom. The summed E-state index contributed by atoms with van der Waals surface area (Å²) < 4.78 is 77.1. The number of hydrogen-bond acceptors (Lipinski definition) is 11. The quantitative estimate of drug-likeness (QED) is 0.0489. The van der Waals surface area contributed by atoms with Gasteiger partial charge >= 0.3 is 18.1 Å². The Labute approximate surface area is 320 Å². The predicted octanol–water partition coefficient (Wildman–Crippen LogP) is 3.68. The van der Waals surface area contributed by atoms with Crippen LogP contribution in [0.25, 0.3) is 16.6 Å². The fraction of sp³-hybridized carbons (Fsp3) is 0.410. The van der Waals surface area contributed by atoms with Crippen molar-refractivity contribution in [2.75, 3.05) is 40.7 Å². The topological polar surface area (TPSA) is 174 Å². The third kappa shape index (κ3) is 8.60. The number of benzene rings is 1. The summed E-state index contributed by atoms with van der Waals surface area (Å²) in [6.07, 6.45) is -2.48. The summed E-state index contributed by atoms with van der Waals surface area (Å²) in [6, 6.07) is 1.06. The number of hydrogen-bond donors (Lipinski definition) is 4. The van der Waals surface area contributed by atoms with E-state index in [4.69, 9.17) is 24.9 Å². The molecule has 2 aromatic rings. The molecule has 0 spiro atoms. The number of carbonyl (C=O) groups is 4. The van der Waals surface area contributed by atoms with Gasteiger partial charge in [-0.25, -0.2) is 14.2 Å². The van der Waals surface area contributed by atoms with E-state index >= 15 is 17.6 Å². The van der Waals surface area contributed by atoms with E-state index in [-0.39, 0.29) is 72.7 Å². The SMILES string of the molecule is C=CC(CC)C1=C(COC)C(=C)N2Cc3c(nc4cc(F)c(CC(=O)OC(=O)/C=C\C(=O)NCN)c5c4c3C(C(OCNC(=O)CNC)C(F)(F)F)CC5)C2=C1. The predicted molar refractivity (Wildman–Crippen MR) is 197 cm³/mol. The van der Waals surface area contributed by atoms with E-state index in [1.807, 2.05) is 17.9 Å². The van der Waals surface area contributed by atoms with Crippen molar-refractivity contribution >= 4 is 40.4 Å². The van der Waals surface area contributed by atoms with Crippen LogP contribution in [0.4, 0.5) is 17.6 Å². The van der Waals surface area contributed by atoms with Crippen LogP contribution in [0.2, 0.25) is 0 Å². The molecule has 2 aliphatic heterocycles. The number of methoxy groups -OCH3 is 1. The average Bonchev–Trinajstić information content (AvgIpc) is 3.51. The molecule has 3 atom stereocenters. The van der Waals surface area contributed by atoms with Crippen molar-refractivity contribution in [1.29, 1.82) is 0 Å². The van der Waals surface area contributed by atoms with Crippen LogP contribution in [0.5, 0.6) is 0 Å². The Morgan fingerprint density at radius 1 is 1.18 bits per heavy atom. The number of alkyl halides is 3. The van der Waals surface area contributed by atoms with Gasteiger partial charge in [0, 0.05) is 64.9 Å². The number of aryl methyl sites for hydroxylation is 1. The Kier molecular flexibility index (Phi) is 13.3. The number of fused-ring (bicyclic) bond motifs is 4. The molecule has 2 amide bonds. The lowest BCUT2D eigenvalue weighted by Crippen LogP contribution is -2.43. The van der Waals surface area contributed by atoms with Gasteiger partial charge in [-0.05, 0) is 49.1 Å². The second-order valence-electron chi connectivity index (χ2n) is 13.3. The van der Waals surface area contributed by atoms with Crippen molar-refractivity contribution in [1.82, 2.24) is 25.8 Å². The molecule has 5 rings (SSSR count). The Bertz CT molecular complexity index is 2040. The van der Waals surface area contributed by atoms with Gasteiger partial charge < -0.3 is 40.8 Å². The van der Waals surface area contributed by atoms with E-state index in [9.17, 15) is 19.2 Å². The maximum atomic E-state index is 16.1. The number of rotatable bonds is 16. The van der Waals surface area contributed by atoms with Gasteiger partial charge in [0.25, 0.3) is 0 Å². The van der Waals surface area contributed by atoms with Crippen molar-refractivity contribution in [2.45, 2.75) is 57.3 Å². The summed E-state index contributed by atoms with van der Waals surface area (Å²) in [7, 11) is 3.06. The third-order valence-corrected chi connectivity index (χ3v) is 9.98. The first-order valence-electron chi connectivity index (χ1n) is 17.9. The molecule has 3 heterocycles. The third-order valence-electron chi connectivity index (χ3n) is 9.98. The van der Waals surface area contributed by atoms with Gasteiger partial charge in [0.1, 0.15) is 12.5 Å². The van der Waals surface area contributed by atoms with Gasteiger partial charge in [0.05, 0.1) is 49.7 Å². The highest BCUT2D eigenvalue weighted by Crippen LogP contribution is 2.52. The van der Waals surface area contributed by atoms with Crippen LogP contribution in [0.3, 0.4) is 0 Å². The Hall–Kier alpha value is -5.23. The number of nitrogens with zero attached hydrogens (tertiary/aromatic N) is 2. The van der Waals surface area contributed by atoms with Crippen molar-refractivity contribution in [3.05, 3.63) is 94.1 Å². The van der Waals surface area contributed by atoms with E-state index in [0.29, 0.717) is 35.1 Å². The maximum Gasteiger partial charge on any atom is 0.415 e. The first-order valence-corrected chi connectivity index (χ1v) is 17.9. The molecule has 13 nitrogen and oxygen atoms in total. The molecule has 1 aromatic carbocycles. The zero-order valence-electron chi connectivity index (χ0n) is 31.2. The van der Waals surface area contributed by atoms with E-state index in [0.717, 1.165) is 23.3 Å². The van der Waals surface area contributed by atoms with Crippen LogP contribution < -0.4 is 21.7 Å². The number of aromatic nitrogens is 1. The van der Waals surface area contributed by atoms with Gasteiger partial charge in [-0.1, -0.05) is 19.6 Å². The summed E-state index contributed by atoms with van der Waals surface area (Å²) in [5.41, 5.74) is 9.10. The van der Waals surface area contributed by atoms with E-state index in [1.54, 1.807) is 13.2 Å². The summed E-state index contributed by atoms with van der Waals surface area (Å²) in [6.45, 7) is 9.52. The van der Waals surface area contributed by atoms with Gasteiger partial charge in [0.2, 0.25) is 11.8 Å². The smallest absolute Gasteiger partial charge is 0.390 e. The van der Waals surface area contributed by atoms with Crippen LogP contribution in [0, 0.1) is 11.7 Å². The first kappa shape index (κ1) is 41.9. The molecule has 1 aliphatic carbocycles. The number of likely N-dealkylation sites (N-methyl/N-ethyl adjacent to an activating group) is 1. The lowest BCUT2D eigenvalue weighted by molar-refractivity contribution is -0.229. The minimum atomic E-state index is -4.91. The number of allylic oxidation sites excluding steroid dienone is 3. The van der Waals surface area contributed by atoms with Crippen LogP contribution >= 0.6 is 0 Å². The number of nitrogens with one attached hydrogen (secondary N) is 3. The summed E-state index contributed by atoms with van der Waals surface area (Å²) in [4.78, 5) is 55.6. The molecule has 0 fully saturated rings. The number of carbonyl (C=O) groups excluding carboxylic acids is 4. The number of pyridine rings is 1. The van der Waals surface area contributed by atoms with Crippen LogP contribution in [-0.2, 0) is 52.8 Å². The van der Waals surface area contributed by atoms with E-state index in [2.05, 4.69) is 29.1 Å². The Balaban J connectivity index is 1.67. The van der Waals surface area contributed by atoms with Crippen LogP contribution in [-0.4, -0.2) is 86.6 Å². The molecule has 0 radical (unpaired) electrons. The second kappa shape index (κ2) is 17.7. The number of ether oxygens (including phenoxy) is 3. The lowest BCUT2D eigenvalue weighted by atomic mass is 9.75. The lowest BCUT2D eigenvalue weighted by Gasteiger charge is -2.35. The molecule has 1 aromatic heterocycles. The molecule has 0 saturated heterocycles. The fourth-order valence-electron chi connectivity index (χ4n) is 7.56. The zero-order chi connectivity index (χ0) is 40.9. The Morgan fingerprint density at radius 3 is 2.57 bits per heavy atom. The van der Waals surface area contributed by atoms with Crippen molar-refractivity contribution in [3.8, 4) is 0 Å². The minimum absolute atomic E-state index is 0.0542. The molecule has 300 valence electrons. The van der Waals surface area contributed by atoms with Gasteiger partial charge in [-0.3, -0.25) is 14.4 Å². The second-order valence-corrected chi connectivity index (χ2v) is 13.3. The van der Waals surface area contributed by atoms with Crippen molar-refractivity contribution < 1.29 is 51.0 Å². The number of nitrogens with two attached hydrogens (primary N) is 1. The van der Waals surface area contributed by atoms with Crippen LogP contribution in [0.1, 0.15) is 53.6 Å². The molecule has 0 saturated carbocycles. The monoisotopic (exact) mass is 784 g/mol. The normalized spacial score (nSPS) is 17.4. The summed E-state index contributed by atoms with van der Waals surface area (Å²) in [5.74, 6) is -5.98. The molecule has 56 heavy (non-hydrogen) atoms.